The van der Waals surface area contributed by atoms with Crippen molar-refractivity contribution in [2.45, 2.75) is 4.90 Å². The summed E-state index contributed by atoms with van der Waals surface area (Å²) < 4.78 is 33.9. The molecule has 0 radical (unpaired) electrons. The number of amides is 1. The van der Waals surface area contributed by atoms with Gasteiger partial charge in [0.1, 0.15) is 0 Å². The Bertz CT molecular complexity index is 1120. The molecule has 0 unspecified atom stereocenters. The number of halogens is 1. The molecule has 146 valence electrons. The van der Waals surface area contributed by atoms with Gasteiger partial charge < -0.3 is 9.64 Å². The summed E-state index contributed by atoms with van der Waals surface area (Å²) in [6, 6.07) is 13.0. The van der Waals surface area contributed by atoms with Gasteiger partial charge in [0.15, 0.2) is 0 Å². The lowest BCUT2D eigenvalue weighted by Gasteiger charge is -2.26. The van der Waals surface area contributed by atoms with E-state index in [2.05, 4.69) is 4.72 Å². The summed E-state index contributed by atoms with van der Waals surface area (Å²) in [6.07, 6.45) is 0. The standard InChI is InChI=1S/C19H17ClN2O4S2/c20-14-1-4-16(5-2-14)28(24,25)21-15-3-6-17-13(11-15)12-18(27-17)19(23)22-7-9-26-10-8-22/h1-6,11-12,21H,7-10H2. The lowest BCUT2D eigenvalue weighted by molar-refractivity contribution is 0.0306. The van der Waals surface area contributed by atoms with E-state index in [0.29, 0.717) is 41.9 Å². The first-order valence-corrected chi connectivity index (χ1v) is 11.3. The predicted octanol–water partition coefficient (Wildman–Crippen LogP) is 3.83. The molecule has 1 fully saturated rings. The number of fused-ring (bicyclic) bond motifs is 1. The minimum Gasteiger partial charge on any atom is -0.378 e. The van der Waals surface area contributed by atoms with Crippen molar-refractivity contribution < 1.29 is 17.9 Å². The molecule has 4 rings (SSSR count). The molecule has 0 aliphatic carbocycles. The molecule has 2 heterocycles. The SMILES string of the molecule is O=C(c1cc2cc(NS(=O)(=O)c3ccc(Cl)cc3)ccc2s1)N1CCOCC1. The Morgan fingerprint density at radius 2 is 1.79 bits per heavy atom. The van der Waals surface area contributed by atoms with Gasteiger partial charge in [0.2, 0.25) is 0 Å². The minimum atomic E-state index is -3.72. The Hall–Kier alpha value is -2.13. The summed E-state index contributed by atoms with van der Waals surface area (Å²) in [4.78, 5) is 15.2. The van der Waals surface area contributed by atoms with Crippen LogP contribution in [0.15, 0.2) is 53.4 Å². The van der Waals surface area contributed by atoms with Crippen molar-refractivity contribution in [2.75, 3.05) is 31.0 Å². The number of rotatable bonds is 4. The number of nitrogens with zero attached hydrogens (tertiary/aromatic N) is 1. The molecular formula is C19H17ClN2O4S2. The van der Waals surface area contributed by atoms with E-state index in [0.717, 1.165) is 10.1 Å². The smallest absolute Gasteiger partial charge is 0.264 e. The zero-order chi connectivity index (χ0) is 19.7. The molecule has 3 aromatic rings. The second-order valence-electron chi connectivity index (χ2n) is 6.33. The number of hydrogen-bond donors (Lipinski definition) is 1. The van der Waals surface area contributed by atoms with Gasteiger partial charge in [0.25, 0.3) is 15.9 Å². The van der Waals surface area contributed by atoms with Crippen LogP contribution in [-0.2, 0) is 14.8 Å². The van der Waals surface area contributed by atoms with Crippen molar-refractivity contribution in [1.29, 1.82) is 0 Å². The fraction of sp³-hybridized carbons (Fsp3) is 0.211. The molecule has 2 aromatic carbocycles. The van der Waals surface area contributed by atoms with Gasteiger partial charge >= 0.3 is 0 Å². The maximum Gasteiger partial charge on any atom is 0.264 e. The highest BCUT2D eigenvalue weighted by Crippen LogP contribution is 2.30. The van der Waals surface area contributed by atoms with Gasteiger partial charge in [-0.2, -0.15) is 0 Å². The highest BCUT2D eigenvalue weighted by atomic mass is 35.5. The van der Waals surface area contributed by atoms with Crippen LogP contribution in [0.3, 0.4) is 0 Å². The highest BCUT2D eigenvalue weighted by molar-refractivity contribution is 7.92. The number of benzene rings is 2. The van der Waals surface area contributed by atoms with Gasteiger partial charge in [0, 0.05) is 28.5 Å². The van der Waals surface area contributed by atoms with Crippen LogP contribution < -0.4 is 4.72 Å². The summed E-state index contributed by atoms with van der Waals surface area (Å²) >= 11 is 7.22. The van der Waals surface area contributed by atoms with Gasteiger partial charge in [0.05, 0.1) is 23.0 Å². The first-order valence-electron chi connectivity index (χ1n) is 8.61. The molecule has 28 heavy (non-hydrogen) atoms. The molecule has 1 aliphatic heterocycles. The fourth-order valence-electron chi connectivity index (χ4n) is 2.96. The molecule has 1 amide bonds. The first kappa shape index (κ1) is 19.2. The molecule has 1 aromatic heterocycles. The van der Waals surface area contributed by atoms with E-state index in [1.807, 2.05) is 6.07 Å². The van der Waals surface area contributed by atoms with E-state index in [1.165, 1.54) is 35.6 Å². The maximum atomic E-state index is 12.7. The fourth-order valence-corrected chi connectivity index (χ4v) is 5.15. The lowest BCUT2D eigenvalue weighted by atomic mass is 10.2. The quantitative estimate of drug-likeness (QED) is 0.674. The second kappa shape index (κ2) is 7.71. The summed E-state index contributed by atoms with van der Waals surface area (Å²) in [5.74, 6) is -0.0206. The number of anilines is 1. The molecule has 0 saturated carbocycles. The van der Waals surface area contributed by atoms with Gasteiger partial charge in [-0.05, 0) is 53.9 Å². The van der Waals surface area contributed by atoms with Gasteiger partial charge in [-0.15, -0.1) is 11.3 Å². The summed E-state index contributed by atoms with van der Waals surface area (Å²) in [6.45, 7) is 2.26. The average molecular weight is 437 g/mol. The molecule has 0 bridgehead atoms. The van der Waals surface area contributed by atoms with Gasteiger partial charge in [-0.3, -0.25) is 9.52 Å². The third-order valence-corrected chi connectivity index (χ3v) is 7.15. The third kappa shape index (κ3) is 4.00. The normalized spacial score (nSPS) is 15.0. The Kier molecular flexibility index (Phi) is 5.29. The molecule has 0 atom stereocenters. The highest BCUT2D eigenvalue weighted by Gasteiger charge is 2.21. The monoisotopic (exact) mass is 436 g/mol. The third-order valence-electron chi connectivity index (χ3n) is 4.40. The average Bonchev–Trinajstić information content (AvgIpc) is 3.11. The van der Waals surface area contributed by atoms with Crippen molar-refractivity contribution >= 4 is 54.6 Å². The molecule has 9 heteroatoms. The number of thiophene rings is 1. The van der Waals surface area contributed by atoms with Crippen LogP contribution in [0.2, 0.25) is 5.02 Å². The Labute approximate surface area is 171 Å². The van der Waals surface area contributed by atoms with Crippen LogP contribution in [0.4, 0.5) is 5.69 Å². The van der Waals surface area contributed by atoms with E-state index in [9.17, 15) is 13.2 Å². The second-order valence-corrected chi connectivity index (χ2v) is 9.53. The summed E-state index contributed by atoms with van der Waals surface area (Å²) in [7, 11) is -3.72. The van der Waals surface area contributed by atoms with Crippen LogP contribution in [0, 0.1) is 0 Å². The van der Waals surface area contributed by atoms with Crippen molar-refractivity contribution in [3.8, 4) is 0 Å². The Balaban J connectivity index is 1.57. The molecule has 0 spiro atoms. The Morgan fingerprint density at radius 3 is 2.50 bits per heavy atom. The van der Waals surface area contributed by atoms with Crippen LogP contribution in [-0.4, -0.2) is 45.5 Å². The van der Waals surface area contributed by atoms with E-state index < -0.39 is 10.0 Å². The van der Waals surface area contributed by atoms with Crippen LogP contribution in [0.1, 0.15) is 9.67 Å². The van der Waals surface area contributed by atoms with Crippen molar-refractivity contribution in [3.05, 3.63) is 58.4 Å². The molecule has 6 nitrogen and oxygen atoms in total. The predicted molar refractivity (Wildman–Crippen MR) is 111 cm³/mol. The van der Waals surface area contributed by atoms with Crippen molar-refractivity contribution in [2.24, 2.45) is 0 Å². The number of ether oxygens (including phenoxy) is 1. The number of nitrogens with one attached hydrogen (secondary N) is 1. The number of carbonyl (C=O) groups is 1. The summed E-state index contributed by atoms with van der Waals surface area (Å²) in [5.41, 5.74) is 0.436. The van der Waals surface area contributed by atoms with E-state index in [1.54, 1.807) is 23.1 Å². The van der Waals surface area contributed by atoms with Crippen LogP contribution >= 0.6 is 22.9 Å². The van der Waals surface area contributed by atoms with E-state index in [4.69, 9.17) is 16.3 Å². The first-order chi connectivity index (χ1) is 13.4. The molecule has 1 saturated heterocycles. The molecule has 1 aliphatic rings. The zero-order valence-corrected chi connectivity index (χ0v) is 17.1. The molecule has 1 N–H and O–H groups in total. The summed E-state index contributed by atoms with van der Waals surface area (Å²) in [5, 5.41) is 1.29. The van der Waals surface area contributed by atoms with Crippen molar-refractivity contribution in [3.63, 3.8) is 0 Å². The largest absolute Gasteiger partial charge is 0.378 e. The minimum absolute atomic E-state index is 0.0206. The number of sulfonamides is 1. The van der Waals surface area contributed by atoms with E-state index in [-0.39, 0.29) is 10.8 Å². The maximum absolute atomic E-state index is 12.7. The van der Waals surface area contributed by atoms with Crippen LogP contribution in [0.25, 0.3) is 10.1 Å². The number of hydrogen-bond acceptors (Lipinski definition) is 5. The van der Waals surface area contributed by atoms with Crippen molar-refractivity contribution in [1.82, 2.24) is 4.90 Å². The lowest BCUT2D eigenvalue weighted by Crippen LogP contribution is -2.40. The van der Waals surface area contributed by atoms with Gasteiger partial charge in [-0.1, -0.05) is 11.6 Å². The van der Waals surface area contributed by atoms with E-state index >= 15 is 0 Å². The van der Waals surface area contributed by atoms with Gasteiger partial charge in [-0.25, -0.2) is 8.42 Å². The zero-order valence-electron chi connectivity index (χ0n) is 14.7. The number of carbonyl (C=O) groups excluding carboxylic acids is 1. The molecular weight excluding hydrogens is 420 g/mol. The van der Waals surface area contributed by atoms with Crippen LogP contribution in [0.5, 0.6) is 0 Å². The Morgan fingerprint density at radius 1 is 1.07 bits per heavy atom. The topological polar surface area (TPSA) is 75.7 Å². The number of morpholine rings is 1.